The zero-order chi connectivity index (χ0) is 19.6. The van der Waals surface area contributed by atoms with Crippen LogP contribution in [0.15, 0.2) is 54.6 Å². The molecule has 0 fully saturated rings. The van der Waals surface area contributed by atoms with Gasteiger partial charge in [-0.2, -0.15) is 8.78 Å². The van der Waals surface area contributed by atoms with Crippen molar-refractivity contribution < 1.29 is 23.1 Å². The van der Waals surface area contributed by atoms with E-state index in [9.17, 15) is 18.4 Å². The van der Waals surface area contributed by atoms with Crippen molar-refractivity contribution in [2.45, 2.75) is 6.61 Å². The number of rotatable bonds is 7. The lowest BCUT2D eigenvalue weighted by molar-refractivity contribution is -0.111. The zero-order valence-electron chi connectivity index (χ0n) is 14.1. The van der Waals surface area contributed by atoms with Crippen LogP contribution in [0.4, 0.5) is 14.5 Å². The van der Waals surface area contributed by atoms with Gasteiger partial charge in [-0.1, -0.05) is 30.2 Å². The predicted molar refractivity (Wildman–Crippen MR) is 98.3 cm³/mol. The van der Waals surface area contributed by atoms with Gasteiger partial charge in [-0.15, -0.1) is 6.42 Å². The number of carbonyl (C=O) groups is 2. The average molecular weight is 370 g/mol. The van der Waals surface area contributed by atoms with Gasteiger partial charge in [0.25, 0.3) is 5.91 Å². The summed E-state index contributed by atoms with van der Waals surface area (Å²) >= 11 is 0. The van der Waals surface area contributed by atoms with Gasteiger partial charge >= 0.3 is 6.61 Å². The summed E-state index contributed by atoms with van der Waals surface area (Å²) in [5.74, 6) is 1.47. The van der Waals surface area contributed by atoms with Crippen molar-refractivity contribution in [2.24, 2.45) is 0 Å². The number of alkyl halides is 2. The summed E-state index contributed by atoms with van der Waals surface area (Å²) in [5, 5.41) is 5.14. The highest BCUT2D eigenvalue weighted by molar-refractivity contribution is 6.07. The summed E-state index contributed by atoms with van der Waals surface area (Å²) in [6.07, 6.45) is 7.88. The number of terminal acetylenes is 1. The van der Waals surface area contributed by atoms with Gasteiger partial charge in [0, 0.05) is 6.08 Å². The van der Waals surface area contributed by atoms with Crippen LogP contribution in [0.2, 0.25) is 0 Å². The summed E-state index contributed by atoms with van der Waals surface area (Å²) in [4.78, 5) is 24.2. The fourth-order valence-corrected chi connectivity index (χ4v) is 2.12. The fraction of sp³-hybridized carbons (Fsp3) is 0.100. The van der Waals surface area contributed by atoms with E-state index < -0.39 is 18.4 Å². The van der Waals surface area contributed by atoms with E-state index in [1.807, 2.05) is 0 Å². The monoisotopic (exact) mass is 370 g/mol. The summed E-state index contributed by atoms with van der Waals surface area (Å²) in [5.41, 5.74) is 1.23. The Hall–Kier alpha value is -3.66. The van der Waals surface area contributed by atoms with Gasteiger partial charge in [-0.05, 0) is 35.9 Å². The number of hydrogen-bond acceptors (Lipinski definition) is 3. The molecular formula is C20H16F2N2O3. The molecule has 5 nitrogen and oxygen atoms in total. The number of benzene rings is 2. The molecule has 2 N–H and O–H groups in total. The first-order valence-electron chi connectivity index (χ1n) is 7.84. The van der Waals surface area contributed by atoms with Crippen molar-refractivity contribution in [3.8, 4) is 18.1 Å². The number of amides is 2. The molecule has 0 radical (unpaired) electrons. The molecule has 0 spiro atoms. The van der Waals surface area contributed by atoms with Crippen molar-refractivity contribution in [1.82, 2.24) is 5.32 Å². The van der Waals surface area contributed by atoms with E-state index in [1.165, 1.54) is 36.4 Å². The van der Waals surface area contributed by atoms with Gasteiger partial charge in [-0.25, -0.2) is 0 Å². The van der Waals surface area contributed by atoms with E-state index >= 15 is 0 Å². The number of carbonyl (C=O) groups excluding carboxylic acids is 2. The molecule has 0 saturated heterocycles. The summed E-state index contributed by atoms with van der Waals surface area (Å²) < 4.78 is 28.5. The SMILES string of the molecule is C#CCNC(=O)c1ccccc1NC(=O)/C=C/c1ccc(OC(F)F)cc1. The average Bonchev–Trinajstić information content (AvgIpc) is 2.65. The Morgan fingerprint density at radius 2 is 1.85 bits per heavy atom. The lowest BCUT2D eigenvalue weighted by Gasteiger charge is -2.09. The van der Waals surface area contributed by atoms with E-state index in [4.69, 9.17) is 6.42 Å². The molecule has 0 atom stereocenters. The molecule has 0 bridgehead atoms. The lowest BCUT2D eigenvalue weighted by atomic mass is 10.1. The van der Waals surface area contributed by atoms with Crippen LogP contribution >= 0.6 is 0 Å². The van der Waals surface area contributed by atoms with Gasteiger partial charge in [0.05, 0.1) is 17.8 Å². The van der Waals surface area contributed by atoms with E-state index in [-0.39, 0.29) is 17.9 Å². The van der Waals surface area contributed by atoms with Crippen LogP contribution in [-0.4, -0.2) is 25.0 Å². The smallest absolute Gasteiger partial charge is 0.387 e. The molecule has 7 heteroatoms. The van der Waals surface area contributed by atoms with Gasteiger partial charge in [0.15, 0.2) is 0 Å². The molecule has 138 valence electrons. The first-order chi connectivity index (χ1) is 13.0. The van der Waals surface area contributed by atoms with Crippen molar-refractivity contribution in [3.63, 3.8) is 0 Å². The molecular weight excluding hydrogens is 354 g/mol. The maximum atomic E-state index is 12.1. The molecule has 0 heterocycles. The molecule has 2 rings (SSSR count). The summed E-state index contributed by atoms with van der Waals surface area (Å²) in [7, 11) is 0. The molecule has 0 unspecified atom stereocenters. The van der Waals surface area contributed by atoms with Crippen molar-refractivity contribution in [2.75, 3.05) is 11.9 Å². The Morgan fingerprint density at radius 3 is 2.52 bits per heavy atom. The Balaban J connectivity index is 2.02. The van der Waals surface area contributed by atoms with Gasteiger partial charge in [-0.3, -0.25) is 9.59 Å². The third-order valence-corrected chi connectivity index (χ3v) is 3.31. The quantitative estimate of drug-likeness (QED) is 0.581. The zero-order valence-corrected chi connectivity index (χ0v) is 14.1. The second kappa shape index (κ2) is 9.73. The number of anilines is 1. The van der Waals surface area contributed by atoms with Crippen molar-refractivity contribution in [3.05, 3.63) is 65.7 Å². The second-order valence-corrected chi connectivity index (χ2v) is 5.20. The highest BCUT2D eigenvalue weighted by Crippen LogP contribution is 2.17. The molecule has 2 amide bonds. The van der Waals surface area contributed by atoms with Crippen LogP contribution < -0.4 is 15.4 Å². The summed E-state index contributed by atoms with van der Waals surface area (Å²) in [6, 6.07) is 12.3. The standard InChI is InChI=1S/C20H16F2N2O3/c1-2-13-23-19(26)16-5-3-4-6-17(16)24-18(25)12-9-14-7-10-15(11-8-14)27-20(21)22/h1,3-12,20H,13H2,(H,23,26)(H,24,25)/b12-9+. The van der Waals surface area contributed by atoms with E-state index in [2.05, 4.69) is 21.3 Å². The highest BCUT2D eigenvalue weighted by atomic mass is 19.3. The third kappa shape index (κ3) is 6.29. The first kappa shape index (κ1) is 19.7. The Morgan fingerprint density at radius 1 is 1.15 bits per heavy atom. The maximum Gasteiger partial charge on any atom is 0.387 e. The summed E-state index contributed by atoms with van der Waals surface area (Å²) in [6.45, 7) is -2.82. The minimum Gasteiger partial charge on any atom is -0.435 e. The minimum atomic E-state index is -2.89. The van der Waals surface area contributed by atoms with E-state index in [0.717, 1.165) is 0 Å². The molecule has 2 aromatic rings. The topological polar surface area (TPSA) is 67.4 Å². The number of halogens is 2. The maximum absolute atomic E-state index is 12.1. The second-order valence-electron chi connectivity index (χ2n) is 5.20. The number of ether oxygens (including phenoxy) is 1. The van der Waals surface area contributed by atoms with E-state index in [0.29, 0.717) is 11.3 Å². The third-order valence-electron chi connectivity index (χ3n) is 3.31. The van der Waals surface area contributed by atoms with Crippen molar-refractivity contribution >= 4 is 23.6 Å². The van der Waals surface area contributed by atoms with Gasteiger partial charge in [0.1, 0.15) is 5.75 Å². The molecule has 0 aliphatic heterocycles. The van der Waals surface area contributed by atoms with E-state index in [1.54, 1.807) is 24.3 Å². The molecule has 2 aromatic carbocycles. The normalized spacial score (nSPS) is 10.4. The van der Waals surface area contributed by atoms with Crippen molar-refractivity contribution in [1.29, 1.82) is 0 Å². The van der Waals surface area contributed by atoms with Gasteiger partial charge in [0.2, 0.25) is 5.91 Å². The molecule has 0 saturated carbocycles. The first-order valence-corrected chi connectivity index (χ1v) is 7.84. The predicted octanol–water partition coefficient (Wildman–Crippen LogP) is 3.30. The van der Waals surface area contributed by atoms with Crippen LogP contribution in [0.3, 0.4) is 0 Å². The van der Waals surface area contributed by atoms with Crippen LogP contribution in [0, 0.1) is 12.3 Å². The lowest BCUT2D eigenvalue weighted by Crippen LogP contribution is -2.25. The molecule has 0 aliphatic rings. The molecule has 0 aliphatic carbocycles. The highest BCUT2D eigenvalue weighted by Gasteiger charge is 2.11. The number of para-hydroxylation sites is 1. The molecule has 27 heavy (non-hydrogen) atoms. The minimum absolute atomic E-state index is 0.0264. The largest absolute Gasteiger partial charge is 0.435 e. The van der Waals surface area contributed by atoms with Gasteiger partial charge < -0.3 is 15.4 Å². The van der Waals surface area contributed by atoms with Crippen LogP contribution in [0.5, 0.6) is 5.75 Å². The van der Waals surface area contributed by atoms with Crippen LogP contribution in [0.25, 0.3) is 6.08 Å². The van der Waals surface area contributed by atoms with Crippen LogP contribution in [0.1, 0.15) is 15.9 Å². The fourth-order valence-electron chi connectivity index (χ4n) is 2.12. The number of hydrogen-bond donors (Lipinski definition) is 2. The van der Waals surface area contributed by atoms with Crippen LogP contribution in [-0.2, 0) is 4.79 Å². The molecule has 0 aromatic heterocycles. The Kier molecular flexibility index (Phi) is 7.08. The number of nitrogens with one attached hydrogen (secondary N) is 2. The Bertz CT molecular complexity index is 872. The Labute approximate surface area is 155 Å².